The van der Waals surface area contributed by atoms with Gasteiger partial charge in [-0.05, 0) is 37.1 Å². The average molecular weight is 423 g/mol. The Morgan fingerprint density at radius 3 is 2.52 bits per heavy atom. The number of rotatable bonds is 5. The van der Waals surface area contributed by atoms with Gasteiger partial charge in [0.1, 0.15) is 4.32 Å². The third kappa shape index (κ3) is 4.29. The first kappa shape index (κ1) is 19.7. The van der Waals surface area contributed by atoms with Crippen LogP contribution in [0.25, 0.3) is 6.08 Å². The molecule has 1 aliphatic rings. The summed E-state index contributed by atoms with van der Waals surface area (Å²) < 4.78 is 24.9. The fourth-order valence-corrected chi connectivity index (χ4v) is 4.39. The summed E-state index contributed by atoms with van der Waals surface area (Å²) in [7, 11) is -1.86. The zero-order valence-corrected chi connectivity index (χ0v) is 17.2. The molecule has 1 saturated heterocycles. The van der Waals surface area contributed by atoms with Crippen LogP contribution in [-0.4, -0.2) is 39.9 Å². The Labute approximate surface area is 167 Å². The van der Waals surface area contributed by atoms with Crippen molar-refractivity contribution in [3.63, 3.8) is 0 Å². The maximum absolute atomic E-state index is 12.7. The third-order valence-electron chi connectivity index (χ3n) is 4.31. The van der Waals surface area contributed by atoms with Gasteiger partial charge in [-0.15, -0.1) is 0 Å². The lowest BCUT2D eigenvalue weighted by Crippen LogP contribution is -2.30. The molecule has 1 fully saturated rings. The molecule has 7 nitrogen and oxygen atoms in total. The second-order valence-corrected chi connectivity index (χ2v) is 9.32. The molecule has 0 bridgehead atoms. The van der Waals surface area contributed by atoms with Crippen molar-refractivity contribution >= 4 is 50.3 Å². The van der Waals surface area contributed by atoms with Crippen molar-refractivity contribution in [2.45, 2.75) is 18.2 Å². The predicted molar refractivity (Wildman–Crippen MR) is 109 cm³/mol. The Hall–Kier alpha value is -2.01. The number of hydrogen-bond acceptors (Lipinski definition) is 6. The van der Waals surface area contributed by atoms with E-state index in [1.807, 2.05) is 20.0 Å². The topological polar surface area (TPSA) is 98.3 Å². The molecule has 1 aliphatic heterocycles. The van der Waals surface area contributed by atoms with Gasteiger partial charge < -0.3 is 0 Å². The molecule has 0 unspecified atom stereocenters. The molecule has 2 aromatic rings. The molecule has 1 aromatic heterocycles. The number of aryl methyl sites for hydroxylation is 1. The first-order valence-electron chi connectivity index (χ1n) is 8.02. The first-order chi connectivity index (χ1) is 12.7. The van der Waals surface area contributed by atoms with E-state index in [9.17, 15) is 13.2 Å². The minimum atomic E-state index is -3.71. The minimum Gasteiger partial charge on any atom is -0.293 e. The zero-order valence-electron chi connectivity index (χ0n) is 14.7. The van der Waals surface area contributed by atoms with Crippen LogP contribution in [0.3, 0.4) is 0 Å². The summed E-state index contributed by atoms with van der Waals surface area (Å²) in [4.78, 5) is 14.9. The van der Waals surface area contributed by atoms with Gasteiger partial charge in [0.2, 0.25) is 10.0 Å². The van der Waals surface area contributed by atoms with Gasteiger partial charge >= 0.3 is 0 Å². The number of primary sulfonamides is 1. The van der Waals surface area contributed by atoms with E-state index in [1.54, 1.807) is 27.9 Å². The molecule has 2 heterocycles. The van der Waals surface area contributed by atoms with Crippen LogP contribution in [0.1, 0.15) is 16.8 Å². The number of thiocarbonyl (C=S) groups is 1. The third-order valence-corrected chi connectivity index (χ3v) is 6.62. The van der Waals surface area contributed by atoms with Crippen LogP contribution < -0.4 is 5.14 Å². The van der Waals surface area contributed by atoms with E-state index in [0.29, 0.717) is 22.2 Å². The van der Waals surface area contributed by atoms with Gasteiger partial charge in [0.25, 0.3) is 5.91 Å². The van der Waals surface area contributed by atoms with E-state index in [4.69, 9.17) is 17.4 Å². The summed E-state index contributed by atoms with van der Waals surface area (Å²) in [5.41, 5.74) is 2.75. The summed E-state index contributed by atoms with van der Waals surface area (Å²) in [6.07, 6.45) is 4.08. The fourth-order valence-electron chi connectivity index (χ4n) is 2.58. The second-order valence-electron chi connectivity index (χ2n) is 6.08. The van der Waals surface area contributed by atoms with E-state index in [0.717, 1.165) is 16.8 Å². The molecule has 0 atom stereocenters. The van der Waals surface area contributed by atoms with Gasteiger partial charge in [-0.1, -0.05) is 36.1 Å². The smallest absolute Gasteiger partial charge is 0.266 e. The summed E-state index contributed by atoms with van der Waals surface area (Å²) in [6.45, 7) is 2.35. The lowest BCUT2D eigenvalue weighted by Gasteiger charge is -2.14. The SMILES string of the molecule is Cc1c(/C=C2/SC(=S)N(CCc3ccc(S(N)(=O)=O)cc3)C2=O)cnn1C. The predicted octanol–water partition coefficient (Wildman–Crippen LogP) is 1.82. The number of aromatic nitrogens is 2. The number of hydrogen-bond donors (Lipinski definition) is 1. The molecule has 27 heavy (non-hydrogen) atoms. The van der Waals surface area contributed by atoms with Crippen molar-refractivity contribution in [2.75, 3.05) is 6.54 Å². The van der Waals surface area contributed by atoms with Crippen LogP contribution >= 0.6 is 24.0 Å². The Balaban J connectivity index is 1.70. The van der Waals surface area contributed by atoms with Crippen molar-refractivity contribution in [3.8, 4) is 0 Å². The summed E-state index contributed by atoms with van der Waals surface area (Å²) in [5.74, 6) is -0.130. The van der Waals surface area contributed by atoms with Gasteiger partial charge in [0.15, 0.2) is 0 Å². The van der Waals surface area contributed by atoms with Crippen LogP contribution in [0.15, 0.2) is 40.3 Å². The summed E-state index contributed by atoms with van der Waals surface area (Å²) >= 11 is 6.62. The Bertz CT molecular complexity index is 1040. The Kier molecular flexibility index (Phi) is 5.52. The average Bonchev–Trinajstić information content (AvgIpc) is 3.06. The van der Waals surface area contributed by atoms with Crippen molar-refractivity contribution in [2.24, 2.45) is 12.2 Å². The lowest BCUT2D eigenvalue weighted by molar-refractivity contribution is -0.122. The number of carbonyl (C=O) groups excluding carboxylic acids is 1. The van der Waals surface area contributed by atoms with E-state index >= 15 is 0 Å². The molecule has 10 heteroatoms. The molecule has 1 amide bonds. The van der Waals surface area contributed by atoms with E-state index in [-0.39, 0.29) is 10.8 Å². The maximum Gasteiger partial charge on any atom is 0.266 e. The molecule has 0 saturated carbocycles. The highest BCUT2D eigenvalue weighted by atomic mass is 32.2. The molecule has 3 rings (SSSR count). The highest BCUT2D eigenvalue weighted by Gasteiger charge is 2.31. The van der Waals surface area contributed by atoms with Crippen molar-refractivity contribution in [1.82, 2.24) is 14.7 Å². The number of nitrogens with two attached hydrogens (primary N) is 1. The highest BCUT2D eigenvalue weighted by Crippen LogP contribution is 2.33. The van der Waals surface area contributed by atoms with Crippen LogP contribution in [0.4, 0.5) is 0 Å². The number of amides is 1. The number of sulfonamides is 1. The molecule has 2 N–H and O–H groups in total. The normalized spacial score (nSPS) is 16.6. The van der Waals surface area contributed by atoms with Gasteiger partial charge in [-0.25, -0.2) is 13.6 Å². The van der Waals surface area contributed by atoms with Gasteiger partial charge in [-0.2, -0.15) is 5.10 Å². The zero-order chi connectivity index (χ0) is 19.8. The molecule has 142 valence electrons. The van der Waals surface area contributed by atoms with E-state index < -0.39 is 10.0 Å². The molecule has 0 radical (unpaired) electrons. The Morgan fingerprint density at radius 2 is 1.96 bits per heavy atom. The number of carbonyl (C=O) groups is 1. The molecular weight excluding hydrogens is 404 g/mol. The van der Waals surface area contributed by atoms with Crippen LogP contribution in [-0.2, 0) is 28.3 Å². The fraction of sp³-hybridized carbons (Fsp3) is 0.235. The molecule has 0 aliphatic carbocycles. The highest BCUT2D eigenvalue weighted by molar-refractivity contribution is 8.26. The summed E-state index contributed by atoms with van der Waals surface area (Å²) in [6, 6.07) is 6.29. The number of thioether (sulfide) groups is 1. The van der Waals surface area contributed by atoms with Gasteiger partial charge in [0.05, 0.1) is 16.0 Å². The molecule has 0 spiro atoms. The molecule has 1 aromatic carbocycles. The van der Waals surface area contributed by atoms with Gasteiger partial charge in [-0.3, -0.25) is 14.4 Å². The summed E-state index contributed by atoms with van der Waals surface area (Å²) in [5, 5.41) is 9.27. The standard InChI is InChI=1S/C17H18N4O3S3/c1-11-13(10-19-20(11)2)9-15-16(22)21(17(25)26-15)8-7-12-3-5-14(6-4-12)27(18,23)24/h3-6,9-10H,7-8H2,1-2H3,(H2,18,23,24)/b15-9+. The Morgan fingerprint density at radius 1 is 1.30 bits per heavy atom. The minimum absolute atomic E-state index is 0.0617. The molecular formula is C17H18N4O3S3. The van der Waals surface area contributed by atoms with Crippen LogP contribution in [0, 0.1) is 6.92 Å². The lowest BCUT2D eigenvalue weighted by atomic mass is 10.1. The van der Waals surface area contributed by atoms with Crippen LogP contribution in [0.5, 0.6) is 0 Å². The van der Waals surface area contributed by atoms with Gasteiger partial charge in [0, 0.05) is 24.8 Å². The monoisotopic (exact) mass is 422 g/mol. The van der Waals surface area contributed by atoms with Crippen molar-refractivity contribution in [1.29, 1.82) is 0 Å². The quantitative estimate of drug-likeness (QED) is 0.583. The van der Waals surface area contributed by atoms with E-state index in [2.05, 4.69) is 5.10 Å². The van der Waals surface area contributed by atoms with Crippen LogP contribution in [0.2, 0.25) is 0 Å². The maximum atomic E-state index is 12.7. The number of benzene rings is 1. The van der Waals surface area contributed by atoms with Crippen molar-refractivity contribution < 1.29 is 13.2 Å². The first-order valence-corrected chi connectivity index (χ1v) is 10.8. The second kappa shape index (κ2) is 7.55. The van der Waals surface area contributed by atoms with E-state index in [1.165, 1.54) is 23.9 Å². The largest absolute Gasteiger partial charge is 0.293 e. The van der Waals surface area contributed by atoms with Crippen molar-refractivity contribution in [3.05, 3.63) is 52.2 Å². The number of nitrogens with zero attached hydrogens (tertiary/aromatic N) is 3.